The van der Waals surface area contributed by atoms with Crippen molar-refractivity contribution in [2.75, 3.05) is 0 Å². The van der Waals surface area contributed by atoms with E-state index in [1.54, 1.807) is 0 Å². The third kappa shape index (κ3) is 1.92. The number of esters is 1. The molecular weight excluding hydrogens is 291 g/mol. The summed E-state index contributed by atoms with van der Waals surface area (Å²) in [7, 11) is 0. The zero-order chi connectivity index (χ0) is 10.2. The summed E-state index contributed by atoms with van der Waals surface area (Å²) in [4.78, 5) is 10.9. The Morgan fingerprint density at radius 3 is 2.36 bits per heavy atom. The van der Waals surface area contributed by atoms with Crippen LogP contribution in [0.1, 0.15) is 25.3 Å². The van der Waals surface area contributed by atoms with Gasteiger partial charge in [-0.05, 0) is 53.1 Å². The topological polar surface area (TPSA) is 26.3 Å². The van der Waals surface area contributed by atoms with E-state index in [2.05, 4.69) is 22.6 Å². The molecule has 1 saturated carbocycles. The Hall–Kier alpha value is -0.580. The fourth-order valence-electron chi connectivity index (χ4n) is 1.59. The molecule has 74 valence electrons. The molecule has 0 bridgehead atoms. The summed E-state index contributed by atoms with van der Waals surface area (Å²) in [5, 5.41) is 0. The van der Waals surface area contributed by atoms with Gasteiger partial charge in [-0.1, -0.05) is 12.1 Å². The Morgan fingerprint density at radius 1 is 1.36 bits per heavy atom. The molecule has 1 aliphatic rings. The number of ether oxygens (including phenoxy) is 1. The number of hydrogen-bond acceptors (Lipinski definition) is 2. The molecule has 0 atom stereocenters. The van der Waals surface area contributed by atoms with E-state index in [-0.39, 0.29) is 11.6 Å². The second-order valence-electron chi connectivity index (χ2n) is 3.59. The molecule has 0 aliphatic heterocycles. The first-order valence-electron chi connectivity index (χ1n) is 4.58. The van der Waals surface area contributed by atoms with Crippen LogP contribution in [0.15, 0.2) is 24.3 Å². The molecule has 3 heteroatoms. The van der Waals surface area contributed by atoms with Gasteiger partial charge < -0.3 is 4.74 Å². The summed E-state index contributed by atoms with van der Waals surface area (Å²) < 4.78 is 6.53. The Balaban J connectivity index is 2.22. The van der Waals surface area contributed by atoms with Gasteiger partial charge in [0.1, 0.15) is 5.60 Å². The van der Waals surface area contributed by atoms with Crippen LogP contribution in [0.5, 0.6) is 0 Å². The average Bonchev–Trinajstić information content (AvgIpc) is 2.85. The zero-order valence-electron chi connectivity index (χ0n) is 7.92. The van der Waals surface area contributed by atoms with Crippen LogP contribution in [0.25, 0.3) is 0 Å². The van der Waals surface area contributed by atoms with Gasteiger partial charge in [-0.25, -0.2) is 0 Å². The van der Waals surface area contributed by atoms with Crippen molar-refractivity contribution in [2.24, 2.45) is 0 Å². The van der Waals surface area contributed by atoms with E-state index in [9.17, 15) is 4.79 Å². The molecule has 0 saturated heterocycles. The van der Waals surface area contributed by atoms with E-state index < -0.39 is 0 Å². The summed E-state index contributed by atoms with van der Waals surface area (Å²) in [6, 6.07) is 8.16. The van der Waals surface area contributed by atoms with Gasteiger partial charge in [0.25, 0.3) is 0 Å². The Labute approximate surface area is 96.8 Å². The summed E-state index contributed by atoms with van der Waals surface area (Å²) in [6.45, 7) is 1.47. The van der Waals surface area contributed by atoms with Crippen molar-refractivity contribution in [3.05, 3.63) is 33.4 Å². The summed E-state index contributed by atoms with van der Waals surface area (Å²) >= 11 is 2.26. The summed E-state index contributed by atoms with van der Waals surface area (Å²) in [6.07, 6.45) is 1.90. The van der Waals surface area contributed by atoms with Crippen LogP contribution in [-0.2, 0) is 15.1 Å². The smallest absolute Gasteiger partial charge is 0.303 e. The van der Waals surface area contributed by atoms with Gasteiger partial charge in [-0.3, -0.25) is 4.79 Å². The molecule has 2 nitrogen and oxygen atoms in total. The largest absolute Gasteiger partial charge is 0.454 e. The van der Waals surface area contributed by atoms with Crippen molar-refractivity contribution >= 4 is 28.6 Å². The predicted molar refractivity (Wildman–Crippen MR) is 61.8 cm³/mol. The Kier molecular flexibility index (Phi) is 2.51. The number of halogens is 1. The highest BCUT2D eigenvalue weighted by Crippen LogP contribution is 2.49. The molecule has 0 aromatic heterocycles. The van der Waals surface area contributed by atoms with Gasteiger partial charge >= 0.3 is 5.97 Å². The van der Waals surface area contributed by atoms with Crippen LogP contribution in [0.3, 0.4) is 0 Å². The van der Waals surface area contributed by atoms with Crippen molar-refractivity contribution in [1.82, 2.24) is 0 Å². The molecule has 14 heavy (non-hydrogen) atoms. The number of benzene rings is 1. The lowest BCUT2D eigenvalue weighted by Crippen LogP contribution is -2.15. The average molecular weight is 302 g/mol. The molecule has 0 amide bonds. The number of carbonyl (C=O) groups excluding carboxylic acids is 1. The highest BCUT2D eigenvalue weighted by molar-refractivity contribution is 14.1. The first-order valence-corrected chi connectivity index (χ1v) is 5.66. The third-order valence-electron chi connectivity index (χ3n) is 2.41. The van der Waals surface area contributed by atoms with Crippen molar-refractivity contribution in [3.63, 3.8) is 0 Å². The lowest BCUT2D eigenvalue weighted by Gasteiger charge is -2.15. The molecule has 1 aromatic rings. The molecular formula is C11H11IO2. The molecule has 2 rings (SSSR count). The lowest BCUT2D eigenvalue weighted by molar-refractivity contribution is -0.149. The van der Waals surface area contributed by atoms with Gasteiger partial charge in [0, 0.05) is 10.5 Å². The normalized spacial score (nSPS) is 17.6. The zero-order valence-corrected chi connectivity index (χ0v) is 10.1. The van der Waals surface area contributed by atoms with Crippen LogP contribution < -0.4 is 0 Å². The van der Waals surface area contributed by atoms with E-state index >= 15 is 0 Å². The predicted octanol–water partition coefficient (Wildman–Crippen LogP) is 2.84. The van der Waals surface area contributed by atoms with Crippen LogP contribution in [0, 0.1) is 3.57 Å². The quantitative estimate of drug-likeness (QED) is 0.620. The molecule has 0 unspecified atom stereocenters. The molecule has 0 spiro atoms. The molecule has 1 aliphatic carbocycles. The van der Waals surface area contributed by atoms with E-state index in [0.29, 0.717) is 0 Å². The summed E-state index contributed by atoms with van der Waals surface area (Å²) in [5.74, 6) is -0.193. The first-order chi connectivity index (χ1) is 6.62. The maximum atomic E-state index is 10.9. The van der Waals surface area contributed by atoms with Crippen molar-refractivity contribution < 1.29 is 9.53 Å². The SMILES string of the molecule is CC(=O)OC1(c2ccc(I)cc2)CC1. The van der Waals surface area contributed by atoms with Crippen molar-refractivity contribution in [2.45, 2.75) is 25.4 Å². The first kappa shape index (κ1) is 9.96. The molecule has 0 heterocycles. The lowest BCUT2D eigenvalue weighted by atomic mass is 10.1. The minimum Gasteiger partial charge on any atom is -0.454 e. The highest BCUT2D eigenvalue weighted by atomic mass is 127. The molecule has 1 aromatic carbocycles. The maximum absolute atomic E-state index is 10.9. The van der Waals surface area contributed by atoms with E-state index in [0.717, 1.165) is 18.4 Å². The highest BCUT2D eigenvalue weighted by Gasteiger charge is 2.47. The van der Waals surface area contributed by atoms with Crippen LogP contribution in [-0.4, -0.2) is 5.97 Å². The second-order valence-corrected chi connectivity index (χ2v) is 4.84. The number of carbonyl (C=O) groups is 1. The van der Waals surface area contributed by atoms with Crippen molar-refractivity contribution in [3.8, 4) is 0 Å². The fourth-order valence-corrected chi connectivity index (χ4v) is 1.95. The second kappa shape index (κ2) is 3.53. The van der Waals surface area contributed by atoms with Crippen LogP contribution in [0.2, 0.25) is 0 Å². The molecule has 1 fully saturated rings. The fraction of sp³-hybridized carbons (Fsp3) is 0.364. The minimum absolute atomic E-state index is 0.193. The number of rotatable bonds is 2. The monoisotopic (exact) mass is 302 g/mol. The van der Waals surface area contributed by atoms with Gasteiger partial charge in [-0.2, -0.15) is 0 Å². The van der Waals surface area contributed by atoms with Gasteiger partial charge in [0.15, 0.2) is 0 Å². The minimum atomic E-state index is -0.295. The summed E-state index contributed by atoms with van der Waals surface area (Å²) in [5.41, 5.74) is 0.823. The van der Waals surface area contributed by atoms with E-state index in [1.807, 2.05) is 24.3 Å². The maximum Gasteiger partial charge on any atom is 0.303 e. The molecule has 0 radical (unpaired) electrons. The Bertz CT molecular complexity index is 352. The van der Waals surface area contributed by atoms with Gasteiger partial charge in [0.2, 0.25) is 0 Å². The Morgan fingerprint density at radius 2 is 1.93 bits per heavy atom. The number of hydrogen-bond donors (Lipinski definition) is 0. The van der Waals surface area contributed by atoms with E-state index in [4.69, 9.17) is 4.74 Å². The standard InChI is InChI=1S/C11H11IO2/c1-8(13)14-11(6-7-11)9-2-4-10(12)5-3-9/h2-5H,6-7H2,1H3. The van der Waals surface area contributed by atoms with Gasteiger partial charge in [-0.15, -0.1) is 0 Å². The van der Waals surface area contributed by atoms with Crippen LogP contribution in [0.4, 0.5) is 0 Å². The van der Waals surface area contributed by atoms with E-state index in [1.165, 1.54) is 10.5 Å². The molecule has 0 N–H and O–H groups in total. The van der Waals surface area contributed by atoms with Gasteiger partial charge in [0.05, 0.1) is 0 Å². The van der Waals surface area contributed by atoms with Crippen molar-refractivity contribution in [1.29, 1.82) is 0 Å². The third-order valence-corrected chi connectivity index (χ3v) is 3.13. The van der Waals surface area contributed by atoms with Crippen LogP contribution >= 0.6 is 22.6 Å².